The second-order valence-corrected chi connectivity index (χ2v) is 6.22. The Kier molecular flexibility index (Phi) is 3.70. The van der Waals surface area contributed by atoms with Crippen molar-refractivity contribution in [3.05, 3.63) is 59.7 Å². The predicted molar refractivity (Wildman–Crippen MR) is 81.5 cm³/mol. The number of rotatable bonds is 2. The lowest BCUT2D eigenvalue weighted by molar-refractivity contribution is 0.512. The second-order valence-electron chi connectivity index (χ2n) is 6.22. The van der Waals surface area contributed by atoms with Crippen molar-refractivity contribution in [1.82, 2.24) is 0 Å². The highest BCUT2D eigenvalue weighted by Crippen LogP contribution is 2.37. The summed E-state index contributed by atoms with van der Waals surface area (Å²) in [6.45, 7) is 3.77. The van der Waals surface area contributed by atoms with E-state index in [2.05, 4.69) is 0 Å². The molecule has 0 aliphatic carbocycles. The van der Waals surface area contributed by atoms with Crippen LogP contribution in [-0.2, 0) is 0 Å². The third kappa shape index (κ3) is 2.62. The lowest BCUT2D eigenvalue weighted by atomic mass is 10.0. The number of hydrogen-bond donors (Lipinski definition) is 0. The van der Waals surface area contributed by atoms with Gasteiger partial charge in [-0.2, -0.15) is 0 Å². The van der Waals surface area contributed by atoms with E-state index in [1.165, 1.54) is 34.1 Å². The lowest BCUT2D eigenvalue weighted by Crippen LogP contribution is -2.41. The molecular formula is C17H16F4N2. The highest BCUT2D eigenvalue weighted by molar-refractivity contribution is 5.59. The van der Waals surface area contributed by atoms with Crippen LogP contribution in [0.1, 0.15) is 13.8 Å². The van der Waals surface area contributed by atoms with Gasteiger partial charge in [-0.1, -0.05) is 12.1 Å². The van der Waals surface area contributed by atoms with Gasteiger partial charge >= 0.3 is 0 Å². The zero-order valence-corrected chi connectivity index (χ0v) is 12.8. The summed E-state index contributed by atoms with van der Waals surface area (Å²) in [5.41, 5.74) is -1.06. The van der Waals surface area contributed by atoms with Gasteiger partial charge in [0.05, 0.1) is 12.2 Å². The van der Waals surface area contributed by atoms with E-state index >= 15 is 0 Å². The Hall–Kier alpha value is -2.24. The van der Waals surface area contributed by atoms with Crippen molar-refractivity contribution in [3.63, 3.8) is 0 Å². The van der Waals surface area contributed by atoms with Gasteiger partial charge in [-0.05, 0) is 38.1 Å². The van der Waals surface area contributed by atoms with Crippen LogP contribution in [0.15, 0.2) is 36.4 Å². The van der Waals surface area contributed by atoms with E-state index in [4.69, 9.17) is 0 Å². The van der Waals surface area contributed by atoms with E-state index < -0.39 is 28.8 Å². The van der Waals surface area contributed by atoms with E-state index in [1.807, 2.05) is 0 Å². The minimum atomic E-state index is -0.700. The van der Waals surface area contributed by atoms with Crippen molar-refractivity contribution in [1.29, 1.82) is 0 Å². The molecule has 122 valence electrons. The highest BCUT2D eigenvalue weighted by Gasteiger charge is 2.41. The van der Waals surface area contributed by atoms with E-state index in [0.29, 0.717) is 0 Å². The molecule has 1 heterocycles. The molecule has 1 aliphatic heterocycles. The van der Waals surface area contributed by atoms with Gasteiger partial charge in [0, 0.05) is 6.54 Å². The van der Waals surface area contributed by atoms with Gasteiger partial charge in [-0.3, -0.25) is 0 Å². The van der Waals surface area contributed by atoms with Crippen LogP contribution in [-0.4, -0.2) is 18.8 Å². The molecule has 0 spiro atoms. The molecule has 2 aromatic carbocycles. The maximum Gasteiger partial charge on any atom is 0.149 e. The lowest BCUT2D eigenvalue weighted by Gasteiger charge is -2.32. The van der Waals surface area contributed by atoms with E-state index in [-0.39, 0.29) is 24.6 Å². The predicted octanol–water partition coefficient (Wildman–Crippen LogP) is 4.31. The third-order valence-electron chi connectivity index (χ3n) is 4.08. The molecule has 6 heteroatoms. The minimum Gasteiger partial charge on any atom is -0.347 e. The molecule has 2 aromatic rings. The molecule has 0 amide bonds. The first kappa shape index (κ1) is 15.6. The molecule has 23 heavy (non-hydrogen) atoms. The molecule has 0 radical (unpaired) electrons. The fraction of sp³-hybridized carbons (Fsp3) is 0.294. The molecule has 2 nitrogen and oxygen atoms in total. The van der Waals surface area contributed by atoms with Gasteiger partial charge in [-0.25, -0.2) is 17.6 Å². The first-order valence-electron chi connectivity index (χ1n) is 7.22. The Labute approximate surface area is 131 Å². The normalized spacial score (nSPS) is 17.0. The molecule has 1 fully saturated rings. The maximum absolute atomic E-state index is 14.1. The molecule has 0 aromatic heterocycles. The van der Waals surface area contributed by atoms with E-state index in [0.717, 1.165) is 12.1 Å². The van der Waals surface area contributed by atoms with Gasteiger partial charge in [-0.15, -0.1) is 0 Å². The number of benzene rings is 2. The van der Waals surface area contributed by atoms with Crippen LogP contribution in [0.4, 0.5) is 28.9 Å². The number of nitrogens with zero attached hydrogens (tertiary/aromatic N) is 2. The molecule has 0 unspecified atom stereocenters. The first-order chi connectivity index (χ1) is 10.8. The zero-order valence-electron chi connectivity index (χ0n) is 12.8. The molecule has 0 N–H and O–H groups in total. The standard InChI is InChI=1S/C17H16F4N2/c1-17(2)9-22(15-11(18)5-3-6-12(15)19)10-23(17)16-13(20)7-4-8-14(16)21/h3-8H,9-10H2,1-2H3. The Morgan fingerprint density at radius 3 is 1.70 bits per heavy atom. The summed E-state index contributed by atoms with van der Waals surface area (Å²) >= 11 is 0. The maximum atomic E-state index is 14.1. The SMILES string of the molecule is CC1(C)CN(c2c(F)cccc2F)CN1c1c(F)cccc1F. The van der Waals surface area contributed by atoms with Crippen LogP contribution in [0, 0.1) is 23.3 Å². The van der Waals surface area contributed by atoms with Crippen molar-refractivity contribution in [2.75, 3.05) is 23.0 Å². The monoisotopic (exact) mass is 324 g/mol. The van der Waals surface area contributed by atoms with Crippen LogP contribution < -0.4 is 9.80 Å². The van der Waals surface area contributed by atoms with Gasteiger partial charge in [0.15, 0.2) is 0 Å². The molecule has 0 saturated carbocycles. The Morgan fingerprint density at radius 2 is 1.22 bits per heavy atom. The van der Waals surface area contributed by atoms with Crippen LogP contribution in [0.25, 0.3) is 0 Å². The molecular weight excluding hydrogens is 308 g/mol. The van der Waals surface area contributed by atoms with Crippen LogP contribution in [0.2, 0.25) is 0 Å². The number of para-hydroxylation sites is 2. The summed E-state index contributed by atoms with van der Waals surface area (Å²) in [5.74, 6) is -2.80. The Bertz CT molecular complexity index is 705. The van der Waals surface area contributed by atoms with Crippen LogP contribution in [0.5, 0.6) is 0 Å². The fourth-order valence-corrected chi connectivity index (χ4v) is 3.03. The molecule has 3 rings (SSSR count). The molecule has 0 bridgehead atoms. The largest absolute Gasteiger partial charge is 0.347 e. The summed E-state index contributed by atoms with van der Waals surface area (Å²) in [6, 6.07) is 7.23. The molecule has 1 aliphatic rings. The Balaban J connectivity index is 2.03. The highest BCUT2D eigenvalue weighted by atomic mass is 19.1. The van der Waals surface area contributed by atoms with Gasteiger partial charge < -0.3 is 9.80 Å². The number of halogens is 4. The smallest absolute Gasteiger partial charge is 0.149 e. The third-order valence-corrected chi connectivity index (χ3v) is 4.08. The van der Waals surface area contributed by atoms with Crippen LogP contribution >= 0.6 is 0 Å². The van der Waals surface area contributed by atoms with Crippen molar-refractivity contribution in [2.45, 2.75) is 19.4 Å². The topological polar surface area (TPSA) is 6.48 Å². The number of anilines is 2. The fourth-order valence-electron chi connectivity index (χ4n) is 3.03. The van der Waals surface area contributed by atoms with Gasteiger partial charge in [0.1, 0.15) is 34.6 Å². The molecule has 0 atom stereocenters. The quantitative estimate of drug-likeness (QED) is 0.760. The average Bonchev–Trinajstić information content (AvgIpc) is 2.74. The second kappa shape index (κ2) is 5.44. The Morgan fingerprint density at radius 1 is 0.783 bits per heavy atom. The van der Waals surface area contributed by atoms with Crippen molar-refractivity contribution in [3.8, 4) is 0 Å². The first-order valence-corrected chi connectivity index (χ1v) is 7.22. The average molecular weight is 324 g/mol. The van der Waals surface area contributed by atoms with Crippen molar-refractivity contribution >= 4 is 11.4 Å². The van der Waals surface area contributed by atoms with Gasteiger partial charge in [0.25, 0.3) is 0 Å². The van der Waals surface area contributed by atoms with Crippen molar-refractivity contribution < 1.29 is 17.6 Å². The van der Waals surface area contributed by atoms with E-state index in [9.17, 15) is 17.6 Å². The summed E-state index contributed by atoms with van der Waals surface area (Å²) < 4.78 is 56.2. The summed E-state index contributed by atoms with van der Waals surface area (Å²) in [4.78, 5) is 2.94. The van der Waals surface area contributed by atoms with Crippen LogP contribution in [0.3, 0.4) is 0 Å². The number of hydrogen-bond acceptors (Lipinski definition) is 2. The zero-order chi connectivity index (χ0) is 16.8. The minimum absolute atomic E-state index is 0.0112. The van der Waals surface area contributed by atoms with E-state index in [1.54, 1.807) is 13.8 Å². The summed E-state index contributed by atoms with van der Waals surface area (Å²) in [5, 5.41) is 0. The molecule has 1 saturated heterocycles. The van der Waals surface area contributed by atoms with Crippen molar-refractivity contribution in [2.24, 2.45) is 0 Å². The summed E-state index contributed by atoms with van der Waals surface area (Å²) in [7, 11) is 0. The summed E-state index contributed by atoms with van der Waals surface area (Å²) in [6.07, 6.45) is 0. The van der Waals surface area contributed by atoms with Gasteiger partial charge in [0.2, 0.25) is 0 Å².